The van der Waals surface area contributed by atoms with E-state index in [-0.39, 0.29) is 38.8 Å². The summed E-state index contributed by atoms with van der Waals surface area (Å²) in [4.78, 5) is 37.8. The first-order valence-corrected chi connectivity index (χ1v) is 14.8. The van der Waals surface area contributed by atoms with E-state index < -0.39 is 21.3 Å². The lowest BCUT2D eigenvalue weighted by Gasteiger charge is -2.14. The standard InChI is InChI=1S/C26H20ClIN2O7S2/c1-15(31)29-19-7-9-20(10-8-19)39(34,35)37-24-21(27)11-17(12-22(24)36-2)13-23-25(32)30(26(33)38-23)14-16-3-5-18(28)6-4-16/h3-13H,14H2,1-2H3,(H,29,31)/b23-13-. The van der Waals surface area contributed by atoms with Crippen LogP contribution in [0, 0.1) is 3.57 Å². The van der Waals surface area contributed by atoms with Gasteiger partial charge in [-0.1, -0.05) is 23.7 Å². The molecule has 1 heterocycles. The average molecular weight is 699 g/mol. The van der Waals surface area contributed by atoms with Crippen molar-refractivity contribution >= 4 is 84.9 Å². The van der Waals surface area contributed by atoms with E-state index in [1.807, 2.05) is 24.3 Å². The molecule has 9 nitrogen and oxygen atoms in total. The molecular formula is C26H20ClIN2O7S2. The number of thioether (sulfide) groups is 1. The third-order valence-corrected chi connectivity index (χ3v) is 8.48. The van der Waals surface area contributed by atoms with Gasteiger partial charge in [-0.2, -0.15) is 8.42 Å². The molecule has 0 atom stereocenters. The largest absolute Gasteiger partial charge is 0.493 e. The van der Waals surface area contributed by atoms with Gasteiger partial charge >= 0.3 is 10.1 Å². The summed E-state index contributed by atoms with van der Waals surface area (Å²) < 4.78 is 37.4. The second-order valence-electron chi connectivity index (χ2n) is 8.17. The minimum Gasteiger partial charge on any atom is -0.493 e. The number of benzene rings is 3. The van der Waals surface area contributed by atoms with E-state index in [2.05, 4.69) is 27.9 Å². The third kappa shape index (κ3) is 6.93. The zero-order valence-corrected chi connectivity index (χ0v) is 25.0. The molecule has 0 saturated carbocycles. The van der Waals surface area contributed by atoms with E-state index in [4.69, 9.17) is 20.5 Å². The number of nitrogens with one attached hydrogen (secondary N) is 1. The monoisotopic (exact) mass is 698 g/mol. The highest BCUT2D eigenvalue weighted by Crippen LogP contribution is 2.40. The lowest BCUT2D eigenvalue weighted by molar-refractivity contribution is -0.123. The quantitative estimate of drug-likeness (QED) is 0.175. The topological polar surface area (TPSA) is 119 Å². The van der Waals surface area contributed by atoms with Crippen molar-refractivity contribution in [2.45, 2.75) is 18.4 Å². The molecule has 1 aliphatic rings. The number of carbonyl (C=O) groups excluding carboxylic acids is 3. The molecule has 4 rings (SSSR count). The molecule has 0 bridgehead atoms. The summed E-state index contributed by atoms with van der Waals surface area (Å²) in [6.45, 7) is 1.47. The summed E-state index contributed by atoms with van der Waals surface area (Å²) >= 11 is 9.34. The Labute approximate surface area is 247 Å². The van der Waals surface area contributed by atoms with E-state index in [1.165, 1.54) is 56.5 Å². The van der Waals surface area contributed by atoms with Crippen LogP contribution in [0.3, 0.4) is 0 Å². The smallest absolute Gasteiger partial charge is 0.339 e. The van der Waals surface area contributed by atoms with Crippen molar-refractivity contribution in [3.63, 3.8) is 0 Å². The van der Waals surface area contributed by atoms with Gasteiger partial charge in [0.1, 0.15) is 4.90 Å². The van der Waals surface area contributed by atoms with Gasteiger partial charge in [0.2, 0.25) is 11.7 Å². The maximum atomic E-state index is 12.9. The van der Waals surface area contributed by atoms with Crippen molar-refractivity contribution < 1.29 is 31.7 Å². The van der Waals surface area contributed by atoms with Gasteiger partial charge in [-0.25, -0.2) is 0 Å². The second kappa shape index (κ2) is 12.0. The predicted octanol–water partition coefficient (Wildman–Crippen LogP) is 5.92. The molecule has 1 N–H and O–H groups in total. The van der Waals surface area contributed by atoms with Crippen LogP contribution in [0.25, 0.3) is 6.08 Å². The first kappa shape index (κ1) is 28.9. The lowest BCUT2D eigenvalue weighted by Crippen LogP contribution is -2.27. The summed E-state index contributed by atoms with van der Waals surface area (Å²) in [5, 5.41) is 2.06. The fourth-order valence-corrected chi connectivity index (χ4v) is 5.99. The van der Waals surface area contributed by atoms with Crippen LogP contribution >= 0.6 is 46.0 Å². The van der Waals surface area contributed by atoms with Crippen LogP contribution in [-0.2, 0) is 26.3 Å². The van der Waals surface area contributed by atoms with Crippen molar-refractivity contribution in [3.8, 4) is 11.5 Å². The maximum absolute atomic E-state index is 12.9. The molecule has 3 amide bonds. The number of amides is 3. The Bertz CT molecular complexity index is 1590. The number of methoxy groups -OCH3 is 1. The van der Waals surface area contributed by atoms with Gasteiger partial charge in [0.25, 0.3) is 11.1 Å². The Morgan fingerprint density at radius 1 is 1.10 bits per heavy atom. The second-order valence-corrected chi connectivity index (χ2v) is 12.4. The fraction of sp³-hybridized carbons (Fsp3) is 0.115. The number of hydrogen-bond acceptors (Lipinski definition) is 8. The molecule has 0 aliphatic carbocycles. The Balaban J connectivity index is 1.56. The Hall–Kier alpha value is -3.07. The molecule has 0 unspecified atom stereocenters. The first-order chi connectivity index (χ1) is 18.5. The van der Waals surface area contributed by atoms with Crippen molar-refractivity contribution in [2.24, 2.45) is 0 Å². The van der Waals surface area contributed by atoms with Gasteiger partial charge in [0.05, 0.1) is 23.6 Å². The molecular weight excluding hydrogens is 679 g/mol. The Morgan fingerprint density at radius 2 is 1.77 bits per heavy atom. The molecule has 1 aliphatic heterocycles. The summed E-state index contributed by atoms with van der Waals surface area (Å²) in [6.07, 6.45) is 1.48. The van der Waals surface area contributed by atoms with E-state index in [0.717, 1.165) is 25.8 Å². The molecule has 0 aromatic heterocycles. The van der Waals surface area contributed by atoms with Crippen LogP contribution in [0.15, 0.2) is 70.5 Å². The van der Waals surface area contributed by atoms with Gasteiger partial charge in [-0.05, 0) is 100 Å². The minimum absolute atomic E-state index is 0.00492. The zero-order chi connectivity index (χ0) is 28.3. The van der Waals surface area contributed by atoms with Crippen molar-refractivity contribution in [3.05, 3.63) is 85.3 Å². The van der Waals surface area contributed by atoms with Crippen molar-refractivity contribution in [1.29, 1.82) is 0 Å². The number of hydrogen-bond donors (Lipinski definition) is 1. The Kier molecular flexibility index (Phi) is 8.89. The number of anilines is 1. The van der Waals surface area contributed by atoms with Gasteiger partial charge in [0.15, 0.2) is 5.75 Å². The molecule has 0 spiro atoms. The molecule has 1 saturated heterocycles. The van der Waals surface area contributed by atoms with E-state index in [0.29, 0.717) is 11.3 Å². The number of rotatable bonds is 8. The molecule has 0 radical (unpaired) electrons. The van der Waals surface area contributed by atoms with Crippen LogP contribution in [0.1, 0.15) is 18.1 Å². The highest BCUT2D eigenvalue weighted by Gasteiger charge is 2.35. The highest BCUT2D eigenvalue weighted by molar-refractivity contribution is 14.1. The van der Waals surface area contributed by atoms with Crippen LogP contribution in [0.4, 0.5) is 10.5 Å². The number of carbonyl (C=O) groups is 3. The number of imide groups is 1. The van der Waals surface area contributed by atoms with Crippen LogP contribution < -0.4 is 14.2 Å². The minimum atomic E-state index is -4.31. The van der Waals surface area contributed by atoms with E-state index >= 15 is 0 Å². The van der Waals surface area contributed by atoms with Crippen LogP contribution in [0.5, 0.6) is 11.5 Å². The highest BCUT2D eigenvalue weighted by atomic mass is 127. The molecule has 13 heteroatoms. The van der Waals surface area contributed by atoms with Crippen LogP contribution in [-0.4, -0.2) is 37.5 Å². The van der Waals surface area contributed by atoms with Crippen molar-refractivity contribution in [2.75, 3.05) is 12.4 Å². The van der Waals surface area contributed by atoms with Gasteiger partial charge < -0.3 is 14.2 Å². The first-order valence-electron chi connectivity index (χ1n) is 11.2. The molecule has 39 heavy (non-hydrogen) atoms. The SMILES string of the molecule is COc1cc(/C=C2\SC(=O)N(Cc3ccc(I)cc3)C2=O)cc(Cl)c1OS(=O)(=O)c1ccc(NC(C)=O)cc1. The zero-order valence-electron chi connectivity index (χ0n) is 20.4. The maximum Gasteiger partial charge on any atom is 0.339 e. The number of halogens is 2. The number of ether oxygens (including phenoxy) is 1. The van der Waals surface area contributed by atoms with E-state index in [1.54, 1.807) is 0 Å². The molecule has 3 aromatic rings. The Morgan fingerprint density at radius 3 is 2.38 bits per heavy atom. The van der Waals surface area contributed by atoms with Gasteiger partial charge in [-0.15, -0.1) is 0 Å². The third-order valence-electron chi connectivity index (χ3n) is 5.33. The van der Waals surface area contributed by atoms with Crippen LogP contribution in [0.2, 0.25) is 5.02 Å². The molecule has 1 fully saturated rings. The fourth-order valence-electron chi connectivity index (χ4n) is 3.53. The van der Waals surface area contributed by atoms with E-state index in [9.17, 15) is 22.8 Å². The van der Waals surface area contributed by atoms with Crippen molar-refractivity contribution in [1.82, 2.24) is 4.90 Å². The summed E-state index contributed by atoms with van der Waals surface area (Å²) in [5.41, 5.74) is 1.64. The summed E-state index contributed by atoms with van der Waals surface area (Å²) in [7, 11) is -3.00. The lowest BCUT2D eigenvalue weighted by atomic mass is 10.1. The number of nitrogens with zero attached hydrogens (tertiary/aromatic N) is 1. The summed E-state index contributed by atoms with van der Waals surface area (Å²) in [6, 6.07) is 15.7. The molecule has 202 valence electrons. The summed E-state index contributed by atoms with van der Waals surface area (Å²) in [5.74, 6) is -0.988. The van der Waals surface area contributed by atoms with Gasteiger partial charge in [-0.3, -0.25) is 19.3 Å². The predicted molar refractivity (Wildman–Crippen MR) is 157 cm³/mol. The average Bonchev–Trinajstić information content (AvgIpc) is 3.13. The molecule has 3 aromatic carbocycles. The van der Waals surface area contributed by atoms with Gasteiger partial charge in [0, 0.05) is 16.2 Å². The normalized spacial score (nSPS) is 14.6.